The van der Waals surface area contributed by atoms with Crippen LogP contribution in [0.4, 0.5) is 0 Å². The minimum atomic E-state index is -1.39. The molecule has 33 heavy (non-hydrogen) atoms. The third-order valence-electron chi connectivity index (χ3n) is 4.07. The van der Waals surface area contributed by atoms with Gasteiger partial charge in [0.1, 0.15) is 17.9 Å². The van der Waals surface area contributed by atoms with Crippen LogP contribution in [0.15, 0.2) is 42.5 Å². The third kappa shape index (κ3) is 12.2. The zero-order valence-electron chi connectivity index (χ0n) is 18.7. The Labute approximate surface area is 204 Å². The number of carbonyl (C=O) groups excluding carboxylic acids is 1. The van der Waals surface area contributed by atoms with Crippen molar-refractivity contribution in [3.63, 3.8) is 0 Å². The molecule has 0 saturated carbocycles. The molecular formula is C22H30Cl2N2O7. The van der Waals surface area contributed by atoms with Gasteiger partial charge in [-0.05, 0) is 63.0 Å². The molecule has 0 radical (unpaired) electrons. The summed E-state index contributed by atoms with van der Waals surface area (Å²) in [7, 11) is 3.83. The Hall–Kier alpha value is -2.72. The number of rotatable bonds is 9. The van der Waals surface area contributed by atoms with E-state index in [0.717, 1.165) is 0 Å². The van der Waals surface area contributed by atoms with Gasteiger partial charge in [0, 0.05) is 18.0 Å². The first-order valence-electron chi connectivity index (χ1n) is 9.62. The minimum absolute atomic E-state index is 0. The summed E-state index contributed by atoms with van der Waals surface area (Å²) in [5.74, 6) is -1.42. The molecule has 0 heterocycles. The maximum atomic E-state index is 11.3. The van der Waals surface area contributed by atoms with E-state index < -0.39 is 11.5 Å². The van der Waals surface area contributed by atoms with E-state index in [1.54, 1.807) is 24.3 Å². The van der Waals surface area contributed by atoms with Crippen LogP contribution in [0.2, 0.25) is 5.02 Å². The number of hydrogen-bond donors (Lipinski definition) is 4. The molecule has 0 bridgehead atoms. The normalized spacial score (nSPS) is 11.9. The molecule has 0 spiro atoms. The van der Waals surface area contributed by atoms with Crippen LogP contribution in [-0.2, 0) is 20.7 Å². The van der Waals surface area contributed by atoms with Crippen LogP contribution < -0.4 is 10.5 Å². The summed E-state index contributed by atoms with van der Waals surface area (Å²) in [6, 6.07) is 10.9. The van der Waals surface area contributed by atoms with Crippen molar-refractivity contribution in [1.29, 1.82) is 0 Å². The van der Waals surface area contributed by atoms with Crippen molar-refractivity contribution in [2.45, 2.75) is 18.9 Å². The number of carboxylic acids is 1. The van der Waals surface area contributed by atoms with Crippen molar-refractivity contribution < 1.29 is 34.4 Å². The molecule has 0 aromatic heterocycles. The predicted molar refractivity (Wildman–Crippen MR) is 127 cm³/mol. The highest BCUT2D eigenvalue weighted by Crippen LogP contribution is 2.26. The number of phenols is 2. The molecule has 2 aromatic carbocycles. The lowest BCUT2D eigenvalue weighted by Gasteiger charge is -2.19. The fraction of sp³-hybridized carbons (Fsp3) is 0.364. The zero-order valence-corrected chi connectivity index (χ0v) is 20.2. The van der Waals surface area contributed by atoms with Gasteiger partial charge in [0.05, 0.1) is 0 Å². The first kappa shape index (κ1) is 30.3. The third-order valence-corrected chi connectivity index (χ3v) is 4.32. The molecule has 0 amide bonds. The largest absolute Gasteiger partial charge is 0.504 e. The molecule has 0 aliphatic rings. The number of aliphatic carboxylic acids is 1. The topological polar surface area (TPSA) is 143 Å². The Kier molecular flexibility index (Phi) is 13.2. The maximum Gasteiger partial charge on any atom is 0.344 e. The van der Waals surface area contributed by atoms with Gasteiger partial charge < -0.3 is 35.4 Å². The summed E-state index contributed by atoms with van der Waals surface area (Å²) >= 11 is 5.72. The highest BCUT2D eigenvalue weighted by atomic mass is 35.5. The van der Waals surface area contributed by atoms with Crippen molar-refractivity contribution >= 4 is 35.9 Å². The molecule has 1 atom stereocenters. The van der Waals surface area contributed by atoms with E-state index in [-0.39, 0.29) is 42.9 Å². The van der Waals surface area contributed by atoms with Crippen molar-refractivity contribution in [2.24, 2.45) is 5.73 Å². The van der Waals surface area contributed by atoms with Crippen molar-refractivity contribution in [1.82, 2.24) is 4.90 Å². The summed E-state index contributed by atoms with van der Waals surface area (Å²) in [5, 5.41) is 27.7. The fourth-order valence-electron chi connectivity index (χ4n) is 2.24. The minimum Gasteiger partial charge on any atom is -0.504 e. The van der Waals surface area contributed by atoms with Gasteiger partial charge in [-0.25, -0.2) is 4.79 Å². The monoisotopic (exact) mass is 504 g/mol. The number of likely N-dealkylation sites (N-methyl/N-ethyl adjacent to an activating group) is 1. The van der Waals surface area contributed by atoms with Crippen LogP contribution in [0, 0.1) is 0 Å². The van der Waals surface area contributed by atoms with Crippen molar-refractivity contribution in [3.8, 4) is 17.2 Å². The molecule has 5 N–H and O–H groups in total. The zero-order chi connectivity index (χ0) is 24.3. The molecule has 0 aliphatic carbocycles. The lowest BCUT2D eigenvalue weighted by Crippen LogP contribution is -2.46. The number of nitrogens with two attached hydrogens (primary N) is 1. The Bertz CT molecular complexity index is 891. The molecule has 9 nitrogen and oxygen atoms in total. The van der Waals surface area contributed by atoms with Gasteiger partial charge in [-0.1, -0.05) is 17.7 Å². The Morgan fingerprint density at radius 3 is 2.21 bits per heavy atom. The quantitative estimate of drug-likeness (QED) is 0.299. The van der Waals surface area contributed by atoms with Gasteiger partial charge in [-0.3, -0.25) is 4.79 Å². The average Bonchev–Trinajstić information content (AvgIpc) is 2.70. The molecule has 11 heteroatoms. The Morgan fingerprint density at radius 1 is 1.09 bits per heavy atom. The molecule has 184 valence electrons. The summed E-state index contributed by atoms with van der Waals surface area (Å²) in [4.78, 5) is 24.0. The second-order valence-electron chi connectivity index (χ2n) is 7.49. The molecule has 1 unspecified atom stereocenters. The molecule has 0 saturated heterocycles. The highest BCUT2D eigenvalue weighted by Gasteiger charge is 2.28. The van der Waals surface area contributed by atoms with Crippen molar-refractivity contribution in [3.05, 3.63) is 53.1 Å². The van der Waals surface area contributed by atoms with Crippen molar-refractivity contribution in [2.75, 3.05) is 33.9 Å². The number of phenolic OH excluding ortho intramolecular Hbond substituents is 2. The van der Waals surface area contributed by atoms with Crippen LogP contribution in [0.5, 0.6) is 17.2 Å². The van der Waals surface area contributed by atoms with E-state index in [9.17, 15) is 14.7 Å². The van der Waals surface area contributed by atoms with E-state index in [1.165, 1.54) is 25.1 Å². The van der Waals surface area contributed by atoms with Gasteiger partial charge in [-0.15, -0.1) is 12.4 Å². The second kappa shape index (κ2) is 14.4. The first-order chi connectivity index (χ1) is 14.9. The number of benzene rings is 2. The predicted octanol–water partition coefficient (Wildman–Crippen LogP) is 2.69. The highest BCUT2D eigenvalue weighted by molar-refractivity contribution is 6.30. The first-order valence-corrected chi connectivity index (χ1v) is 10.0. The number of esters is 1. The molecule has 2 rings (SSSR count). The van der Waals surface area contributed by atoms with E-state index in [4.69, 9.17) is 37.0 Å². The molecule has 0 aliphatic heterocycles. The van der Waals surface area contributed by atoms with Crippen LogP contribution in [0.1, 0.15) is 12.5 Å². The Balaban J connectivity index is 0.000000607. The number of carbonyl (C=O) groups is 2. The van der Waals surface area contributed by atoms with Crippen LogP contribution in [-0.4, -0.2) is 71.6 Å². The van der Waals surface area contributed by atoms with Crippen LogP contribution in [0.25, 0.3) is 0 Å². The number of nitrogens with zero attached hydrogens (tertiary/aromatic N) is 1. The maximum absolute atomic E-state index is 11.3. The van der Waals surface area contributed by atoms with Crippen LogP contribution >= 0.6 is 24.0 Å². The summed E-state index contributed by atoms with van der Waals surface area (Å²) < 4.78 is 10.2. The smallest absolute Gasteiger partial charge is 0.344 e. The number of carboxylic acid groups (broad SMARTS) is 1. The SMILES string of the molecule is CC(N)(Cc1ccc(O)c(O)c1)C(=O)O.CN(C)CCOC(=O)COc1ccc(Cl)cc1.Cl. The van der Waals surface area contributed by atoms with E-state index in [0.29, 0.717) is 29.5 Å². The number of aromatic hydroxyl groups is 2. The molecular weight excluding hydrogens is 475 g/mol. The second-order valence-corrected chi connectivity index (χ2v) is 7.93. The summed E-state index contributed by atoms with van der Waals surface area (Å²) in [6.07, 6.45) is 0.0795. The van der Waals surface area contributed by atoms with Gasteiger partial charge in [-0.2, -0.15) is 0 Å². The van der Waals surface area contributed by atoms with E-state index in [1.807, 2.05) is 19.0 Å². The van der Waals surface area contributed by atoms with E-state index >= 15 is 0 Å². The summed E-state index contributed by atoms with van der Waals surface area (Å²) in [6.45, 7) is 2.37. The number of ether oxygens (including phenoxy) is 2. The van der Waals surface area contributed by atoms with Gasteiger partial charge in [0.2, 0.25) is 0 Å². The average molecular weight is 505 g/mol. The van der Waals surface area contributed by atoms with Gasteiger partial charge in [0.25, 0.3) is 0 Å². The number of halogens is 2. The standard InChI is InChI=1S/C12H16ClNO3.C10H13NO4.ClH/c1-14(2)7-8-16-12(15)9-17-11-5-3-10(13)4-6-11;1-10(11,9(14)15)5-6-2-3-7(12)8(13)4-6;/h3-6H,7-9H2,1-2H3;2-4,12-13H,5,11H2,1H3,(H,14,15);1H. The fourth-order valence-corrected chi connectivity index (χ4v) is 2.36. The van der Waals surface area contributed by atoms with Gasteiger partial charge >= 0.3 is 11.9 Å². The van der Waals surface area contributed by atoms with Gasteiger partial charge in [0.15, 0.2) is 18.1 Å². The molecule has 0 fully saturated rings. The lowest BCUT2D eigenvalue weighted by molar-refractivity contribution is -0.146. The lowest BCUT2D eigenvalue weighted by atomic mass is 9.94. The Morgan fingerprint density at radius 2 is 1.70 bits per heavy atom. The van der Waals surface area contributed by atoms with Crippen LogP contribution in [0.3, 0.4) is 0 Å². The molecule has 2 aromatic rings. The van der Waals surface area contributed by atoms with E-state index in [2.05, 4.69) is 0 Å². The number of hydrogen-bond acceptors (Lipinski definition) is 8. The summed E-state index contributed by atoms with van der Waals surface area (Å²) in [5.41, 5.74) is 4.70.